The van der Waals surface area contributed by atoms with Crippen molar-refractivity contribution in [1.29, 1.82) is 0 Å². The van der Waals surface area contributed by atoms with E-state index in [4.69, 9.17) is 0 Å². The van der Waals surface area contributed by atoms with Crippen LogP contribution in [0.5, 0.6) is 0 Å². The topological polar surface area (TPSA) is 29.1 Å². The Morgan fingerprint density at radius 1 is 1.26 bits per heavy atom. The maximum Gasteiger partial charge on any atom is 0.228 e. The monoisotopic (exact) mass is 255 g/mol. The van der Waals surface area contributed by atoms with Crippen LogP contribution in [0.1, 0.15) is 31.2 Å². The quantitative estimate of drug-likeness (QED) is 0.797. The Morgan fingerprint density at radius 2 is 2.11 bits per heavy atom. The Morgan fingerprint density at radius 3 is 2.95 bits per heavy atom. The van der Waals surface area contributed by atoms with Crippen LogP contribution in [0.25, 0.3) is 0 Å². The number of benzene rings is 1. The number of fused-ring (bicyclic) bond motifs is 1. The molecule has 1 N–H and O–H groups in total. The molecule has 19 heavy (non-hydrogen) atoms. The van der Waals surface area contributed by atoms with Crippen LogP contribution >= 0.6 is 0 Å². The predicted molar refractivity (Wildman–Crippen MR) is 77.9 cm³/mol. The lowest BCUT2D eigenvalue weighted by Crippen LogP contribution is -2.16. The normalized spacial score (nSPS) is 29.0. The van der Waals surface area contributed by atoms with E-state index in [1.54, 1.807) is 0 Å². The number of hydrogen-bond donors (Lipinski definition) is 1. The van der Waals surface area contributed by atoms with Crippen LogP contribution < -0.4 is 5.32 Å². The SMILES string of the molecule is Cc1ccccc1NC(=O)[C@H]1[C@H]2C=CCCCC[C@H]21. The molecule has 1 aromatic rings. The summed E-state index contributed by atoms with van der Waals surface area (Å²) in [5, 5.41) is 3.10. The number of carbonyl (C=O) groups excluding carboxylic acids is 1. The highest BCUT2D eigenvalue weighted by Crippen LogP contribution is 2.51. The molecule has 0 saturated heterocycles. The number of nitrogens with one attached hydrogen (secondary N) is 1. The average Bonchev–Trinajstić information content (AvgIpc) is 3.03. The van der Waals surface area contributed by atoms with E-state index in [-0.39, 0.29) is 11.8 Å². The van der Waals surface area contributed by atoms with Gasteiger partial charge in [-0.25, -0.2) is 0 Å². The third-order valence-electron chi connectivity index (χ3n) is 4.45. The number of anilines is 1. The summed E-state index contributed by atoms with van der Waals surface area (Å²) in [5.74, 6) is 1.48. The zero-order valence-electron chi connectivity index (χ0n) is 11.4. The number of amides is 1. The minimum absolute atomic E-state index is 0.203. The first kappa shape index (κ1) is 12.5. The molecule has 0 aliphatic heterocycles. The highest BCUT2D eigenvalue weighted by atomic mass is 16.2. The summed E-state index contributed by atoms with van der Waals surface area (Å²) in [6.45, 7) is 2.03. The molecule has 0 unspecified atom stereocenters. The number of hydrogen-bond acceptors (Lipinski definition) is 1. The van der Waals surface area contributed by atoms with Crippen molar-refractivity contribution >= 4 is 11.6 Å². The Balaban J connectivity index is 1.67. The summed E-state index contributed by atoms with van der Waals surface area (Å²) in [4.78, 5) is 12.4. The standard InChI is InChI=1S/C17H21NO/c1-12-8-6-7-11-15(12)18-17(19)16-13-9-4-2-3-5-10-14(13)16/h4,6-9,11,13-14,16H,2-3,5,10H2,1H3,(H,18,19)/t13-,14+,16-/m0/s1. The third kappa shape index (κ3) is 2.58. The molecule has 0 bridgehead atoms. The summed E-state index contributed by atoms with van der Waals surface area (Å²) in [5.41, 5.74) is 2.08. The van der Waals surface area contributed by atoms with E-state index >= 15 is 0 Å². The maximum absolute atomic E-state index is 12.4. The van der Waals surface area contributed by atoms with Gasteiger partial charge in [0.1, 0.15) is 0 Å². The molecule has 2 aliphatic carbocycles. The van der Waals surface area contributed by atoms with Crippen LogP contribution in [0.4, 0.5) is 5.69 Å². The lowest BCUT2D eigenvalue weighted by atomic mass is 10.1. The first-order chi connectivity index (χ1) is 9.27. The van der Waals surface area contributed by atoms with E-state index < -0.39 is 0 Å². The van der Waals surface area contributed by atoms with Crippen molar-refractivity contribution in [3.05, 3.63) is 42.0 Å². The second-order valence-corrected chi connectivity index (χ2v) is 5.78. The molecule has 0 radical (unpaired) electrons. The molecular formula is C17H21NO. The maximum atomic E-state index is 12.4. The van der Waals surface area contributed by atoms with Crippen LogP contribution in [0.15, 0.2) is 36.4 Å². The molecule has 1 fully saturated rings. The fourth-order valence-electron chi connectivity index (χ4n) is 3.23. The summed E-state index contributed by atoms with van der Waals surface area (Å²) in [6, 6.07) is 7.98. The molecule has 2 heteroatoms. The fourth-order valence-corrected chi connectivity index (χ4v) is 3.23. The average molecular weight is 255 g/mol. The molecule has 100 valence electrons. The van der Waals surface area contributed by atoms with Gasteiger partial charge in [-0.1, -0.05) is 36.8 Å². The van der Waals surface area contributed by atoms with Gasteiger partial charge in [0.2, 0.25) is 5.91 Å². The smallest absolute Gasteiger partial charge is 0.228 e. The van der Waals surface area contributed by atoms with Crippen molar-refractivity contribution in [1.82, 2.24) is 0 Å². The van der Waals surface area contributed by atoms with E-state index in [0.717, 1.165) is 11.3 Å². The molecule has 1 aromatic carbocycles. The van der Waals surface area contributed by atoms with Gasteiger partial charge in [0.25, 0.3) is 0 Å². The zero-order chi connectivity index (χ0) is 13.2. The van der Waals surface area contributed by atoms with Crippen LogP contribution in [-0.4, -0.2) is 5.91 Å². The van der Waals surface area contributed by atoms with Crippen molar-refractivity contribution in [3.63, 3.8) is 0 Å². The molecule has 2 aliphatic rings. The van der Waals surface area contributed by atoms with Crippen LogP contribution in [0.3, 0.4) is 0 Å². The first-order valence-corrected chi connectivity index (χ1v) is 7.30. The number of rotatable bonds is 2. The van der Waals surface area contributed by atoms with E-state index in [1.807, 2.05) is 31.2 Å². The Labute approximate surface area is 114 Å². The van der Waals surface area contributed by atoms with Crippen molar-refractivity contribution in [2.45, 2.75) is 32.6 Å². The molecule has 3 rings (SSSR count). The molecule has 1 amide bonds. The van der Waals surface area contributed by atoms with E-state index in [9.17, 15) is 4.79 Å². The van der Waals surface area contributed by atoms with Crippen molar-refractivity contribution in [3.8, 4) is 0 Å². The van der Waals surface area contributed by atoms with E-state index in [1.165, 1.54) is 25.7 Å². The van der Waals surface area contributed by atoms with Gasteiger partial charge in [0.05, 0.1) is 0 Å². The zero-order valence-corrected chi connectivity index (χ0v) is 11.4. The summed E-state index contributed by atoms with van der Waals surface area (Å²) in [7, 11) is 0. The molecule has 2 nitrogen and oxygen atoms in total. The number of carbonyl (C=O) groups is 1. The Kier molecular flexibility index (Phi) is 3.41. The van der Waals surface area contributed by atoms with Crippen molar-refractivity contribution < 1.29 is 4.79 Å². The van der Waals surface area contributed by atoms with Gasteiger partial charge in [-0.2, -0.15) is 0 Å². The van der Waals surface area contributed by atoms with Gasteiger partial charge >= 0.3 is 0 Å². The van der Waals surface area contributed by atoms with Crippen molar-refractivity contribution in [2.75, 3.05) is 5.32 Å². The fraction of sp³-hybridized carbons (Fsp3) is 0.471. The minimum Gasteiger partial charge on any atom is -0.326 e. The predicted octanol–water partition coefficient (Wildman–Crippen LogP) is 3.93. The molecule has 3 atom stereocenters. The van der Waals surface area contributed by atoms with E-state index in [0.29, 0.717) is 11.8 Å². The van der Waals surface area contributed by atoms with Gasteiger partial charge in [-0.05, 0) is 49.7 Å². The van der Waals surface area contributed by atoms with Gasteiger partial charge in [-0.3, -0.25) is 4.79 Å². The summed E-state index contributed by atoms with van der Waals surface area (Å²) in [6.07, 6.45) is 9.45. The molecule has 0 heterocycles. The van der Waals surface area contributed by atoms with Gasteiger partial charge < -0.3 is 5.32 Å². The second kappa shape index (κ2) is 5.20. The molecule has 0 spiro atoms. The third-order valence-corrected chi connectivity index (χ3v) is 4.45. The Bertz CT molecular complexity index is 506. The Hall–Kier alpha value is -1.57. The van der Waals surface area contributed by atoms with Gasteiger partial charge in [0, 0.05) is 11.6 Å². The highest BCUT2D eigenvalue weighted by Gasteiger charge is 2.52. The molecular weight excluding hydrogens is 234 g/mol. The highest BCUT2D eigenvalue weighted by molar-refractivity contribution is 5.95. The van der Waals surface area contributed by atoms with Crippen molar-refractivity contribution in [2.24, 2.45) is 17.8 Å². The number of allylic oxidation sites excluding steroid dienone is 2. The van der Waals surface area contributed by atoms with E-state index in [2.05, 4.69) is 17.5 Å². The van der Waals surface area contributed by atoms with Crippen LogP contribution in [-0.2, 0) is 4.79 Å². The largest absolute Gasteiger partial charge is 0.326 e. The molecule has 1 saturated carbocycles. The first-order valence-electron chi connectivity index (χ1n) is 7.30. The minimum atomic E-state index is 0.203. The van der Waals surface area contributed by atoms with Gasteiger partial charge in [-0.15, -0.1) is 0 Å². The van der Waals surface area contributed by atoms with Crippen LogP contribution in [0.2, 0.25) is 0 Å². The summed E-state index contributed by atoms with van der Waals surface area (Å²) < 4.78 is 0. The number of para-hydroxylation sites is 1. The lowest BCUT2D eigenvalue weighted by molar-refractivity contribution is -0.117. The molecule has 0 aromatic heterocycles. The number of aryl methyl sites for hydroxylation is 1. The lowest BCUT2D eigenvalue weighted by Gasteiger charge is -2.07. The summed E-state index contributed by atoms with van der Waals surface area (Å²) >= 11 is 0. The van der Waals surface area contributed by atoms with Gasteiger partial charge in [0.15, 0.2) is 0 Å². The second-order valence-electron chi connectivity index (χ2n) is 5.78. The van der Waals surface area contributed by atoms with Crippen LogP contribution in [0, 0.1) is 24.7 Å².